The molecule has 0 aliphatic rings. The van der Waals surface area contributed by atoms with Crippen LogP contribution < -0.4 is 15.8 Å². The van der Waals surface area contributed by atoms with E-state index in [2.05, 4.69) is 5.32 Å². The summed E-state index contributed by atoms with van der Waals surface area (Å²) in [6.07, 6.45) is 0. The van der Waals surface area contributed by atoms with E-state index in [1.54, 1.807) is 12.1 Å². The maximum atomic E-state index is 13.7. The van der Waals surface area contributed by atoms with Crippen LogP contribution in [-0.2, 0) is 0 Å². The molecule has 0 bridgehead atoms. The van der Waals surface area contributed by atoms with Gasteiger partial charge in [0.1, 0.15) is 4.99 Å². The van der Waals surface area contributed by atoms with E-state index in [4.69, 9.17) is 22.7 Å². The van der Waals surface area contributed by atoms with Gasteiger partial charge in [0.25, 0.3) is 0 Å². The van der Waals surface area contributed by atoms with Crippen LogP contribution in [0.4, 0.5) is 15.8 Å². The number of nitrogens with one attached hydrogen (secondary N) is 1. The molecule has 3 nitrogen and oxygen atoms in total. The molecule has 3 N–H and O–H groups in total. The minimum absolute atomic E-state index is 0.203. The lowest BCUT2D eigenvalue weighted by Gasteiger charge is -2.13. The fourth-order valence-corrected chi connectivity index (χ4v) is 2.04. The monoisotopic (exact) mass is 290 g/mol. The highest BCUT2D eigenvalue weighted by molar-refractivity contribution is 7.80. The van der Waals surface area contributed by atoms with E-state index in [1.807, 2.05) is 25.1 Å². The Balaban J connectivity index is 2.35. The Morgan fingerprint density at radius 1 is 1.25 bits per heavy atom. The average molecular weight is 290 g/mol. The van der Waals surface area contributed by atoms with Crippen molar-refractivity contribution in [2.24, 2.45) is 5.73 Å². The highest BCUT2D eigenvalue weighted by Gasteiger charge is 2.08. The second-order valence-corrected chi connectivity index (χ2v) is 4.83. The molecular formula is C15H15FN2OS. The predicted molar refractivity (Wildman–Crippen MR) is 83.3 cm³/mol. The molecule has 0 radical (unpaired) electrons. The zero-order valence-electron chi connectivity index (χ0n) is 11.2. The molecule has 0 saturated carbocycles. The number of rotatable bonds is 4. The molecule has 20 heavy (non-hydrogen) atoms. The number of methoxy groups -OCH3 is 1. The number of hydrogen-bond acceptors (Lipinski definition) is 3. The van der Waals surface area contributed by atoms with E-state index in [0.717, 1.165) is 16.8 Å². The Morgan fingerprint density at radius 3 is 2.60 bits per heavy atom. The van der Waals surface area contributed by atoms with Gasteiger partial charge >= 0.3 is 0 Å². The van der Waals surface area contributed by atoms with E-state index in [9.17, 15) is 4.39 Å². The lowest BCUT2D eigenvalue weighted by molar-refractivity contribution is 0.386. The zero-order valence-corrected chi connectivity index (χ0v) is 12.1. The van der Waals surface area contributed by atoms with Crippen LogP contribution in [0.15, 0.2) is 36.4 Å². The Hall–Kier alpha value is -2.14. The van der Waals surface area contributed by atoms with Crippen LogP contribution in [0.5, 0.6) is 5.75 Å². The fraction of sp³-hybridized carbons (Fsp3) is 0.133. The summed E-state index contributed by atoms with van der Waals surface area (Å²) in [5, 5.41) is 3.11. The van der Waals surface area contributed by atoms with Crippen molar-refractivity contribution in [2.45, 2.75) is 6.92 Å². The van der Waals surface area contributed by atoms with Crippen molar-refractivity contribution in [1.82, 2.24) is 0 Å². The number of halogens is 1. The minimum atomic E-state index is -0.429. The summed E-state index contributed by atoms with van der Waals surface area (Å²) < 4.78 is 18.5. The summed E-state index contributed by atoms with van der Waals surface area (Å²) in [6.45, 7) is 1.96. The van der Waals surface area contributed by atoms with Gasteiger partial charge in [0.2, 0.25) is 0 Å². The molecule has 0 unspecified atom stereocenters. The summed E-state index contributed by atoms with van der Waals surface area (Å²) in [7, 11) is 1.43. The van der Waals surface area contributed by atoms with Crippen LogP contribution in [0.3, 0.4) is 0 Å². The second kappa shape index (κ2) is 5.88. The van der Waals surface area contributed by atoms with E-state index in [1.165, 1.54) is 13.2 Å². The maximum absolute atomic E-state index is 13.7. The molecule has 0 aromatic heterocycles. The summed E-state index contributed by atoms with van der Waals surface area (Å²) >= 11 is 5.03. The number of thiocarbonyl (C=S) groups is 1. The quantitative estimate of drug-likeness (QED) is 0.846. The van der Waals surface area contributed by atoms with E-state index < -0.39 is 5.82 Å². The zero-order chi connectivity index (χ0) is 14.7. The molecule has 0 fully saturated rings. The van der Waals surface area contributed by atoms with Crippen LogP contribution in [-0.4, -0.2) is 12.1 Å². The number of benzene rings is 2. The van der Waals surface area contributed by atoms with Gasteiger partial charge in [-0.1, -0.05) is 23.8 Å². The number of anilines is 2. The molecular weight excluding hydrogens is 275 g/mol. The Kier molecular flexibility index (Phi) is 4.20. The highest BCUT2D eigenvalue weighted by atomic mass is 32.1. The minimum Gasteiger partial charge on any atom is -0.494 e. The van der Waals surface area contributed by atoms with Crippen molar-refractivity contribution in [1.29, 1.82) is 0 Å². The molecule has 0 amide bonds. The second-order valence-electron chi connectivity index (χ2n) is 4.39. The van der Waals surface area contributed by atoms with Crippen LogP contribution in [0.25, 0.3) is 0 Å². The predicted octanol–water partition coefficient (Wildman–Crippen LogP) is 3.52. The van der Waals surface area contributed by atoms with Gasteiger partial charge in [-0.05, 0) is 31.2 Å². The van der Waals surface area contributed by atoms with E-state index in [0.29, 0.717) is 10.7 Å². The van der Waals surface area contributed by atoms with Crippen LogP contribution in [0.2, 0.25) is 0 Å². The lowest BCUT2D eigenvalue weighted by atomic mass is 10.1. The average Bonchev–Trinajstić information content (AvgIpc) is 2.41. The van der Waals surface area contributed by atoms with Gasteiger partial charge in [0.15, 0.2) is 11.6 Å². The standard InChI is InChI=1S/C15H15FN2OS/c1-9-3-5-13(11(7-9)15(17)20)18-10-4-6-14(19-2)12(16)8-10/h3-8,18H,1-2H3,(H2,17,20). The first-order valence-corrected chi connectivity index (χ1v) is 6.43. The van der Waals surface area contributed by atoms with Gasteiger partial charge in [0, 0.05) is 23.0 Å². The summed E-state index contributed by atoms with van der Waals surface area (Å²) in [4.78, 5) is 0.296. The van der Waals surface area contributed by atoms with Gasteiger partial charge in [-0.3, -0.25) is 0 Å². The first-order chi connectivity index (χ1) is 9.51. The van der Waals surface area contributed by atoms with Crippen LogP contribution in [0.1, 0.15) is 11.1 Å². The van der Waals surface area contributed by atoms with Crippen LogP contribution >= 0.6 is 12.2 Å². The molecule has 0 saturated heterocycles. The molecule has 2 aromatic carbocycles. The maximum Gasteiger partial charge on any atom is 0.167 e. The van der Waals surface area contributed by atoms with Gasteiger partial charge in [-0.2, -0.15) is 0 Å². The Labute approximate surface area is 122 Å². The molecule has 5 heteroatoms. The lowest BCUT2D eigenvalue weighted by Crippen LogP contribution is -2.12. The number of hydrogen-bond donors (Lipinski definition) is 2. The van der Waals surface area contributed by atoms with E-state index in [-0.39, 0.29) is 5.75 Å². The molecule has 0 aliphatic carbocycles. The largest absolute Gasteiger partial charge is 0.494 e. The summed E-state index contributed by atoms with van der Waals surface area (Å²) in [5.74, 6) is -0.226. The molecule has 104 valence electrons. The first-order valence-electron chi connectivity index (χ1n) is 6.02. The topological polar surface area (TPSA) is 47.3 Å². The number of ether oxygens (including phenoxy) is 1. The molecule has 2 rings (SSSR count). The normalized spacial score (nSPS) is 10.2. The number of nitrogens with two attached hydrogens (primary N) is 1. The summed E-state index contributed by atoms with van der Waals surface area (Å²) in [5.41, 5.74) is 8.84. The van der Waals surface area contributed by atoms with Gasteiger partial charge in [0.05, 0.1) is 7.11 Å². The molecule has 2 aromatic rings. The highest BCUT2D eigenvalue weighted by Crippen LogP contribution is 2.26. The molecule has 0 heterocycles. The molecule has 0 aliphatic heterocycles. The Morgan fingerprint density at radius 2 is 2.00 bits per heavy atom. The van der Waals surface area contributed by atoms with E-state index >= 15 is 0 Å². The Bertz CT molecular complexity index is 658. The number of aryl methyl sites for hydroxylation is 1. The fourth-order valence-electron chi connectivity index (χ4n) is 1.87. The van der Waals surface area contributed by atoms with Gasteiger partial charge in [-0.25, -0.2) is 4.39 Å². The summed E-state index contributed by atoms with van der Waals surface area (Å²) in [6, 6.07) is 10.3. The third-order valence-electron chi connectivity index (χ3n) is 2.87. The van der Waals surface area contributed by atoms with Crippen molar-refractivity contribution in [2.75, 3.05) is 12.4 Å². The van der Waals surface area contributed by atoms with Crippen LogP contribution in [0, 0.1) is 12.7 Å². The first kappa shape index (κ1) is 14.3. The van der Waals surface area contributed by atoms with Crippen molar-refractivity contribution in [3.8, 4) is 5.75 Å². The van der Waals surface area contributed by atoms with Gasteiger partial charge < -0.3 is 15.8 Å². The smallest absolute Gasteiger partial charge is 0.167 e. The third-order valence-corrected chi connectivity index (χ3v) is 3.09. The van der Waals surface area contributed by atoms with Crippen molar-refractivity contribution in [3.05, 3.63) is 53.3 Å². The molecule has 0 atom stereocenters. The van der Waals surface area contributed by atoms with Crippen molar-refractivity contribution < 1.29 is 9.13 Å². The van der Waals surface area contributed by atoms with Crippen molar-refractivity contribution in [3.63, 3.8) is 0 Å². The third kappa shape index (κ3) is 3.05. The SMILES string of the molecule is COc1ccc(Nc2ccc(C)cc2C(N)=S)cc1F. The molecule has 0 spiro atoms. The van der Waals surface area contributed by atoms with Gasteiger partial charge in [-0.15, -0.1) is 0 Å². The van der Waals surface area contributed by atoms with Crippen molar-refractivity contribution >= 4 is 28.6 Å².